The molecular formula is C15H18FN3O. The first-order valence-electron chi connectivity index (χ1n) is 6.87. The van der Waals surface area contributed by atoms with Gasteiger partial charge in [0.2, 0.25) is 0 Å². The quantitative estimate of drug-likeness (QED) is 0.828. The van der Waals surface area contributed by atoms with Crippen LogP contribution in [0.3, 0.4) is 0 Å². The van der Waals surface area contributed by atoms with Crippen molar-refractivity contribution in [3.63, 3.8) is 0 Å². The Morgan fingerprint density at radius 1 is 1.30 bits per heavy atom. The molecular weight excluding hydrogens is 257 g/mol. The molecule has 0 saturated carbocycles. The first-order chi connectivity index (χ1) is 9.75. The number of rotatable bonds is 3. The Labute approximate surface area is 117 Å². The summed E-state index contributed by atoms with van der Waals surface area (Å²) in [5.74, 6) is -1.71. The maximum atomic E-state index is 14.9. The molecule has 5 heteroatoms. The van der Waals surface area contributed by atoms with E-state index in [1.807, 2.05) is 18.2 Å². The van der Waals surface area contributed by atoms with Gasteiger partial charge in [0.25, 0.3) is 5.92 Å². The van der Waals surface area contributed by atoms with Gasteiger partial charge in [-0.05, 0) is 48.3 Å². The second kappa shape index (κ2) is 5.73. The average molecular weight is 275 g/mol. The number of ether oxygens (including phenoxy) is 1. The van der Waals surface area contributed by atoms with E-state index in [-0.39, 0.29) is 6.04 Å². The second-order valence-corrected chi connectivity index (χ2v) is 5.06. The molecule has 1 fully saturated rings. The number of alkyl halides is 1. The molecule has 0 spiro atoms. The lowest BCUT2D eigenvalue weighted by molar-refractivity contribution is 0.0468. The van der Waals surface area contributed by atoms with Gasteiger partial charge in [0.05, 0.1) is 0 Å². The Hall–Kier alpha value is -1.72. The predicted molar refractivity (Wildman–Crippen MR) is 75.3 cm³/mol. The second-order valence-electron chi connectivity index (χ2n) is 5.06. The summed E-state index contributed by atoms with van der Waals surface area (Å²) < 4.78 is 20.2. The van der Waals surface area contributed by atoms with Crippen LogP contribution >= 0.6 is 0 Å². The van der Waals surface area contributed by atoms with Gasteiger partial charge in [0, 0.05) is 37.8 Å². The van der Waals surface area contributed by atoms with E-state index in [2.05, 4.69) is 15.6 Å². The molecule has 1 aromatic heterocycles. The largest absolute Gasteiger partial charge is 0.381 e. The molecule has 3 rings (SSSR count). The lowest BCUT2D eigenvalue weighted by Gasteiger charge is -2.33. The first-order valence-corrected chi connectivity index (χ1v) is 6.87. The van der Waals surface area contributed by atoms with Gasteiger partial charge in [-0.2, -0.15) is 4.39 Å². The van der Waals surface area contributed by atoms with E-state index < -0.39 is 5.92 Å². The Kier molecular flexibility index (Phi) is 3.80. The van der Waals surface area contributed by atoms with E-state index >= 15 is 0 Å². The molecule has 106 valence electrons. The molecule has 2 aliphatic rings. The summed E-state index contributed by atoms with van der Waals surface area (Å²) in [6, 6.07) is 3.87. The Balaban J connectivity index is 1.76. The molecule has 2 aliphatic heterocycles. The number of aromatic nitrogens is 1. The average Bonchev–Trinajstić information content (AvgIpc) is 2.49. The molecule has 0 aromatic carbocycles. The summed E-state index contributed by atoms with van der Waals surface area (Å²) in [6.45, 7) is 1.37. The fourth-order valence-corrected chi connectivity index (χ4v) is 2.50. The molecule has 1 aromatic rings. The molecule has 3 heterocycles. The fourth-order valence-electron chi connectivity index (χ4n) is 2.50. The standard InChI is InChI=1S/C15H18FN3O/c16-15(19-14-4-9-20-10-5-14)11-13(3-8-18-15)12-1-6-17-7-2-12/h1-3,6-8,11,14,18-19H,4-5,9-10H2. The molecule has 20 heavy (non-hydrogen) atoms. The van der Waals surface area contributed by atoms with Crippen molar-refractivity contribution in [1.29, 1.82) is 0 Å². The van der Waals surface area contributed by atoms with Crippen LogP contribution in [0.1, 0.15) is 18.4 Å². The molecule has 0 amide bonds. The lowest BCUT2D eigenvalue weighted by Crippen LogP contribution is -2.55. The molecule has 1 saturated heterocycles. The molecule has 1 atom stereocenters. The number of halogens is 1. The van der Waals surface area contributed by atoms with Gasteiger partial charge in [-0.1, -0.05) is 0 Å². The van der Waals surface area contributed by atoms with Crippen LogP contribution in [0.25, 0.3) is 5.57 Å². The van der Waals surface area contributed by atoms with E-state index in [0.29, 0.717) is 13.2 Å². The van der Waals surface area contributed by atoms with Crippen LogP contribution in [-0.2, 0) is 4.74 Å². The normalized spacial score (nSPS) is 26.9. The minimum Gasteiger partial charge on any atom is -0.381 e. The highest BCUT2D eigenvalue weighted by Crippen LogP contribution is 2.24. The van der Waals surface area contributed by atoms with Crippen molar-refractivity contribution in [3.8, 4) is 0 Å². The summed E-state index contributed by atoms with van der Waals surface area (Å²) >= 11 is 0. The minimum atomic E-state index is -1.71. The number of nitrogens with one attached hydrogen (secondary N) is 2. The van der Waals surface area contributed by atoms with Crippen LogP contribution in [0.5, 0.6) is 0 Å². The van der Waals surface area contributed by atoms with E-state index in [1.54, 1.807) is 24.7 Å². The summed E-state index contributed by atoms with van der Waals surface area (Å²) in [5, 5.41) is 5.78. The van der Waals surface area contributed by atoms with E-state index in [9.17, 15) is 4.39 Å². The zero-order valence-electron chi connectivity index (χ0n) is 11.2. The fraction of sp³-hybridized carbons (Fsp3) is 0.400. The van der Waals surface area contributed by atoms with Crippen LogP contribution in [0, 0.1) is 0 Å². The Morgan fingerprint density at radius 2 is 2.05 bits per heavy atom. The molecule has 0 aliphatic carbocycles. The first kappa shape index (κ1) is 13.3. The molecule has 0 radical (unpaired) electrons. The van der Waals surface area contributed by atoms with Crippen LogP contribution in [0.15, 0.2) is 42.9 Å². The van der Waals surface area contributed by atoms with Crippen LogP contribution < -0.4 is 10.6 Å². The van der Waals surface area contributed by atoms with Gasteiger partial charge in [-0.3, -0.25) is 10.3 Å². The van der Waals surface area contributed by atoms with Crippen molar-refractivity contribution < 1.29 is 9.13 Å². The summed E-state index contributed by atoms with van der Waals surface area (Å²) in [4.78, 5) is 3.98. The van der Waals surface area contributed by atoms with E-state index in [4.69, 9.17) is 4.74 Å². The van der Waals surface area contributed by atoms with Gasteiger partial charge < -0.3 is 10.1 Å². The number of pyridine rings is 1. The van der Waals surface area contributed by atoms with E-state index in [1.165, 1.54) is 0 Å². The van der Waals surface area contributed by atoms with Gasteiger partial charge >= 0.3 is 0 Å². The number of allylic oxidation sites excluding steroid dienone is 2. The number of hydrogen-bond donors (Lipinski definition) is 2. The van der Waals surface area contributed by atoms with Gasteiger partial charge in [-0.15, -0.1) is 0 Å². The van der Waals surface area contributed by atoms with Crippen molar-refractivity contribution in [2.45, 2.75) is 24.8 Å². The Morgan fingerprint density at radius 3 is 2.80 bits per heavy atom. The zero-order valence-corrected chi connectivity index (χ0v) is 11.2. The van der Waals surface area contributed by atoms with Crippen LogP contribution in [-0.4, -0.2) is 30.2 Å². The SMILES string of the molecule is FC1(NC2CCOCC2)C=C(c2ccncc2)C=CN1. The summed E-state index contributed by atoms with van der Waals surface area (Å²) in [5.41, 5.74) is 1.79. The van der Waals surface area contributed by atoms with Crippen LogP contribution in [0.2, 0.25) is 0 Å². The number of nitrogens with zero attached hydrogens (tertiary/aromatic N) is 1. The summed E-state index contributed by atoms with van der Waals surface area (Å²) in [7, 11) is 0. The zero-order chi connectivity index (χ0) is 13.8. The smallest absolute Gasteiger partial charge is 0.255 e. The third-order valence-corrected chi connectivity index (χ3v) is 3.56. The highest BCUT2D eigenvalue weighted by molar-refractivity contribution is 5.75. The molecule has 2 N–H and O–H groups in total. The monoisotopic (exact) mass is 275 g/mol. The summed E-state index contributed by atoms with van der Waals surface area (Å²) in [6.07, 6.45) is 10.2. The van der Waals surface area contributed by atoms with E-state index in [0.717, 1.165) is 24.0 Å². The van der Waals surface area contributed by atoms with Gasteiger partial charge in [0.15, 0.2) is 0 Å². The maximum Gasteiger partial charge on any atom is 0.255 e. The third-order valence-electron chi connectivity index (χ3n) is 3.56. The molecule has 1 unspecified atom stereocenters. The van der Waals surface area contributed by atoms with Crippen molar-refractivity contribution in [2.75, 3.05) is 13.2 Å². The van der Waals surface area contributed by atoms with Crippen molar-refractivity contribution in [2.24, 2.45) is 0 Å². The predicted octanol–water partition coefficient (Wildman–Crippen LogP) is 1.97. The van der Waals surface area contributed by atoms with Crippen LogP contribution in [0.4, 0.5) is 4.39 Å². The highest BCUT2D eigenvalue weighted by atomic mass is 19.1. The number of hydrogen-bond acceptors (Lipinski definition) is 4. The van der Waals surface area contributed by atoms with Crippen molar-refractivity contribution in [3.05, 3.63) is 48.4 Å². The Bertz CT molecular complexity index is 511. The molecule has 0 bridgehead atoms. The molecule has 4 nitrogen and oxygen atoms in total. The topological polar surface area (TPSA) is 46.2 Å². The maximum absolute atomic E-state index is 14.9. The van der Waals surface area contributed by atoms with Crippen molar-refractivity contribution >= 4 is 5.57 Å². The highest BCUT2D eigenvalue weighted by Gasteiger charge is 2.31. The minimum absolute atomic E-state index is 0.127. The number of dihydropyridines is 1. The van der Waals surface area contributed by atoms with Gasteiger partial charge in [0.1, 0.15) is 0 Å². The third kappa shape index (κ3) is 3.05. The van der Waals surface area contributed by atoms with Gasteiger partial charge in [-0.25, -0.2) is 0 Å². The van der Waals surface area contributed by atoms with Crippen molar-refractivity contribution in [1.82, 2.24) is 15.6 Å². The lowest BCUT2D eigenvalue weighted by atomic mass is 10.0.